The number of ether oxygens (including phenoxy) is 1. The van der Waals surface area contributed by atoms with Gasteiger partial charge in [-0.2, -0.15) is 0 Å². The van der Waals surface area contributed by atoms with E-state index in [9.17, 15) is 14.7 Å². The van der Waals surface area contributed by atoms with Crippen molar-refractivity contribution >= 4 is 33.7 Å². The Morgan fingerprint density at radius 1 is 0.524 bits per heavy atom. The number of hydrogen-bond acceptors (Lipinski definition) is 3. The number of carboxylic acid groups (broad SMARTS) is 1. The second-order valence-corrected chi connectivity index (χ2v) is 17.6. The number of esters is 1. The number of methoxy groups -OCH3 is 1. The van der Waals surface area contributed by atoms with Crippen molar-refractivity contribution in [2.45, 2.75) is 89.1 Å². The highest BCUT2D eigenvalue weighted by molar-refractivity contribution is 5.92. The molecule has 318 valence electrons. The van der Waals surface area contributed by atoms with Crippen LogP contribution in [-0.4, -0.2) is 33.3 Å². The molecule has 2 fully saturated rings. The summed E-state index contributed by atoms with van der Waals surface area (Å²) in [6, 6.07) is 50.9. The lowest BCUT2D eigenvalue weighted by Crippen LogP contribution is -2.08. The molecular weight excluding hydrogens is 777 g/mol. The SMILES string of the molecule is COC(=O)c1cc(C2CCCC2)ccc1Cc1ccc2c(ccn2Cc2ccccc2)c1.O=C(O)c1cc(C2CCCC2)ccc1Cc1ccc2c(ccn2Cc2ccccc2)c1. The third kappa shape index (κ3) is 9.71. The number of rotatable bonds is 12. The topological polar surface area (TPSA) is 73.5 Å². The van der Waals surface area contributed by atoms with Gasteiger partial charge in [0.25, 0.3) is 0 Å². The van der Waals surface area contributed by atoms with Crippen LogP contribution in [0.4, 0.5) is 0 Å². The van der Waals surface area contributed by atoms with Crippen molar-refractivity contribution < 1.29 is 19.4 Å². The zero-order chi connectivity index (χ0) is 43.1. The highest BCUT2D eigenvalue weighted by Crippen LogP contribution is 2.37. The van der Waals surface area contributed by atoms with Gasteiger partial charge in [-0.1, -0.05) is 123 Å². The molecule has 6 heteroatoms. The smallest absolute Gasteiger partial charge is 0.338 e. The predicted molar refractivity (Wildman–Crippen MR) is 254 cm³/mol. The van der Waals surface area contributed by atoms with Gasteiger partial charge in [-0.05, 0) is 154 Å². The Kier molecular flexibility index (Phi) is 12.7. The quantitative estimate of drug-likeness (QED) is 0.124. The van der Waals surface area contributed by atoms with E-state index in [4.69, 9.17) is 4.74 Å². The normalized spacial score (nSPS) is 14.2. The molecule has 2 heterocycles. The number of benzene rings is 6. The zero-order valence-corrected chi connectivity index (χ0v) is 36.2. The zero-order valence-electron chi connectivity index (χ0n) is 36.2. The molecule has 1 N–H and O–H groups in total. The van der Waals surface area contributed by atoms with E-state index in [0.29, 0.717) is 29.4 Å². The Bertz CT molecular complexity index is 2840. The number of hydrogen-bond donors (Lipinski definition) is 1. The first-order valence-corrected chi connectivity index (χ1v) is 22.7. The summed E-state index contributed by atoms with van der Waals surface area (Å²) < 4.78 is 9.66. The van der Waals surface area contributed by atoms with Crippen LogP contribution in [0.1, 0.15) is 128 Å². The van der Waals surface area contributed by atoms with Crippen molar-refractivity contribution in [2.75, 3.05) is 7.11 Å². The summed E-state index contributed by atoms with van der Waals surface area (Å²) in [5, 5.41) is 12.2. The van der Waals surface area contributed by atoms with Crippen LogP contribution in [0.15, 0.2) is 158 Å². The van der Waals surface area contributed by atoms with Crippen LogP contribution in [0.2, 0.25) is 0 Å². The largest absolute Gasteiger partial charge is 0.478 e. The van der Waals surface area contributed by atoms with E-state index in [2.05, 4.69) is 143 Å². The van der Waals surface area contributed by atoms with Gasteiger partial charge >= 0.3 is 11.9 Å². The number of carboxylic acids is 1. The monoisotopic (exact) mass is 832 g/mol. The molecule has 0 bridgehead atoms. The molecule has 0 spiro atoms. The van der Waals surface area contributed by atoms with Crippen molar-refractivity contribution in [3.8, 4) is 0 Å². The van der Waals surface area contributed by atoms with Gasteiger partial charge in [0.15, 0.2) is 0 Å². The maximum Gasteiger partial charge on any atom is 0.338 e. The molecule has 2 aliphatic rings. The van der Waals surface area contributed by atoms with Crippen molar-refractivity contribution in [2.24, 2.45) is 0 Å². The minimum absolute atomic E-state index is 0.241. The molecule has 8 aromatic rings. The van der Waals surface area contributed by atoms with Gasteiger partial charge in [-0.25, -0.2) is 9.59 Å². The summed E-state index contributed by atoms with van der Waals surface area (Å²) in [7, 11) is 1.47. The molecular formula is C57H56N2O4. The molecule has 0 amide bonds. The van der Waals surface area contributed by atoms with Crippen LogP contribution in [0, 0.1) is 0 Å². The fourth-order valence-corrected chi connectivity index (χ4v) is 10.0. The first-order valence-electron chi connectivity index (χ1n) is 22.7. The number of carbonyl (C=O) groups excluding carboxylic acids is 1. The lowest BCUT2D eigenvalue weighted by atomic mass is 9.91. The van der Waals surface area contributed by atoms with E-state index in [1.54, 1.807) is 0 Å². The molecule has 6 nitrogen and oxygen atoms in total. The van der Waals surface area contributed by atoms with Crippen LogP contribution in [0.25, 0.3) is 21.8 Å². The molecule has 0 radical (unpaired) electrons. The summed E-state index contributed by atoms with van der Waals surface area (Å²) in [5.41, 5.74) is 12.9. The van der Waals surface area contributed by atoms with E-state index < -0.39 is 5.97 Å². The van der Waals surface area contributed by atoms with Crippen molar-refractivity contribution in [3.63, 3.8) is 0 Å². The van der Waals surface area contributed by atoms with Crippen molar-refractivity contribution in [1.29, 1.82) is 0 Å². The Morgan fingerprint density at radius 2 is 0.968 bits per heavy atom. The molecule has 63 heavy (non-hydrogen) atoms. The van der Waals surface area contributed by atoms with Gasteiger partial charge in [0.05, 0.1) is 18.2 Å². The van der Waals surface area contributed by atoms with Gasteiger partial charge in [0.1, 0.15) is 0 Å². The number of aromatic carboxylic acids is 1. The number of carbonyl (C=O) groups is 2. The van der Waals surface area contributed by atoms with Crippen LogP contribution in [0.5, 0.6) is 0 Å². The molecule has 2 aromatic heterocycles. The van der Waals surface area contributed by atoms with Crippen LogP contribution < -0.4 is 0 Å². The standard InChI is InChI=1S/C29H29NO2.C28H27NO2/c1-32-29(31)27-19-24(23-9-5-6-10-23)12-13-25(27)17-22-11-14-28-26(18-22)15-16-30(28)20-21-7-3-2-4-8-21;30-28(31)26-18-23(22-8-4-5-9-22)11-12-24(26)16-21-10-13-27-25(17-21)14-15-29(27)19-20-6-2-1-3-7-20/h2-4,7-8,11-16,18-19,23H,5-6,9-10,17,20H2,1H3;1-3,6-7,10-15,17-18,22H,4-5,8-9,16,19H2,(H,30,31). The van der Waals surface area contributed by atoms with Crippen molar-refractivity contribution in [1.82, 2.24) is 9.13 Å². The van der Waals surface area contributed by atoms with Gasteiger partial charge < -0.3 is 19.0 Å². The first kappa shape index (κ1) is 41.7. The molecule has 2 aliphatic carbocycles. The predicted octanol–water partition coefficient (Wildman–Crippen LogP) is 13.4. The average molecular weight is 833 g/mol. The third-order valence-corrected chi connectivity index (χ3v) is 13.4. The Labute approximate surface area is 370 Å². The molecule has 10 rings (SSSR count). The van der Waals surface area contributed by atoms with E-state index >= 15 is 0 Å². The second-order valence-electron chi connectivity index (χ2n) is 17.6. The van der Waals surface area contributed by atoms with Gasteiger partial charge in [-0.15, -0.1) is 0 Å². The summed E-state index contributed by atoms with van der Waals surface area (Å²) >= 11 is 0. The van der Waals surface area contributed by atoms with Gasteiger partial charge in [-0.3, -0.25) is 0 Å². The Morgan fingerprint density at radius 3 is 1.41 bits per heavy atom. The van der Waals surface area contributed by atoms with Crippen LogP contribution in [0.3, 0.4) is 0 Å². The number of nitrogens with zero attached hydrogens (tertiary/aromatic N) is 2. The summed E-state index contributed by atoms with van der Waals surface area (Å²) in [4.78, 5) is 24.5. The van der Waals surface area contributed by atoms with E-state index in [1.807, 2.05) is 24.3 Å². The second kappa shape index (κ2) is 19.2. The van der Waals surface area contributed by atoms with Gasteiger partial charge in [0, 0.05) is 36.5 Å². The maximum absolute atomic E-state index is 12.6. The summed E-state index contributed by atoms with van der Waals surface area (Å²) in [5.74, 6) is 0.0287. The lowest BCUT2D eigenvalue weighted by molar-refractivity contribution is 0.0598. The number of fused-ring (bicyclic) bond motifs is 2. The van der Waals surface area contributed by atoms with E-state index in [1.165, 1.54) is 108 Å². The third-order valence-electron chi connectivity index (χ3n) is 13.4. The van der Waals surface area contributed by atoms with Crippen LogP contribution in [-0.2, 0) is 30.7 Å². The van der Waals surface area contributed by atoms with E-state index in [-0.39, 0.29) is 5.97 Å². The molecule has 6 aromatic carbocycles. The minimum atomic E-state index is -0.829. The highest BCUT2D eigenvalue weighted by Gasteiger charge is 2.22. The highest BCUT2D eigenvalue weighted by atomic mass is 16.5. The average Bonchev–Trinajstić information content (AvgIpc) is 4.17. The van der Waals surface area contributed by atoms with Crippen molar-refractivity contribution in [3.05, 3.63) is 214 Å². The molecule has 0 aliphatic heterocycles. The molecule has 0 saturated heterocycles. The Hall–Kier alpha value is -6.66. The minimum Gasteiger partial charge on any atom is -0.478 e. The van der Waals surface area contributed by atoms with E-state index in [0.717, 1.165) is 36.2 Å². The number of aromatic nitrogens is 2. The Balaban J connectivity index is 0.000000160. The van der Waals surface area contributed by atoms with Crippen LogP contribution >= 0.6 is 0 Å². The summed E-state index contributed by atoms with van der Waals surface area (Å²) in [6.07, 6.45) is 15.5. The summed E-state index contributed by atoms with van der Waals surface area (Å²) in [6.45, 7) is 1.70. The molecule has 0 atom stereocenters. The maximum atomic E-state index is 12.6. The molecule has 0 unspecified atom stereocenters. The lowest BCUT2D eigenvalue weighted by Gasteiger charge is -2.14. The first-order chi connectivity index (χ1) is 30.9. The van der Waals surface area contributed by atoms with Gasteiger partial charge in [0.2, 0.25) is 0 Å². The fraction of sp³-hybridized carbons (Fsp3) is 0.263. The fourth-order valence-electron chi connectivity index (χ4n) is 10.0. The molecule has 2 saturated carbocycles.